The van der Waals surface area contributed by atoms with Crippen molar-refractivity contribution in [2.24, 2.45) is 0 Å². The van der Waals surface area contributed by atoms with Crippen molar-refractivity contribution < 1.29 is 23.2 Å². The quantitative estimate of drug-likeness (QED) is 0.545. The lowest BCUT2D eigenvalue weighted by molar-refractivity contribution is 0.0563. The summed E-state index contributed by atoms with van der Waals surface area (Å²) in [5.74, 6) is -0.867. The summed E-state index contributed by atoms with van der Waals surface area (Å²) < 4.78 is 15.2. The molecule has 2 aromatic heterocycles. The Morgan fingerprint density at radius 1 is 0.952 bits per heavy atom. The Labute approximate surface area is 120 Å². The van der Waals surface area contributed by atoms with E-state index >= 15 is 0 Å². The third kappa shape index (κ3) is 2.33. The van der Waals surface area contributed by atoms with Gasteiger partial charge in [0.15, 0.2) is 11.5 Å². The lowest BCUT2D eigenvalue weighted by Gasteiger charge is -1.94. The van der Waals surface area contributed by atoms with E-state index in [4.69, 9.17) is 8.83 Å². The molecule has 0 bridgehead atoms. The number of benzene rings is 1. The van der Waals surface area contributed by atoms with Gasteiger partial charge in [0.05, 0.1) is 7.11 Å². The first-order chi connectivity index (χ1) is 10.1. The molecule has 21 heavy (non-hydrogen) atoms. The van der Waals surface area contributed by atoms with Crippen molar-refractivity contribution in [1.82, 2.24) is 0 Å². The van der Waals surface area contributed by atoms with E-state index in [0.29, 0.717) is 5.58 Å². The smallest absolute Gasteiger partial charge is 0.373 e. The van der Waals surface area contributed by atoms with Gasteiger partial charge in [-0.2, -0.15) is 0 Å². The standard InChI is InChI=1S/C16H12O5/c1-9-3-4-11-10(7-9)8-14(20-11)15(17)12-5-6-13(21-12)16(18)19-2/h3-8H,1-2H3. The largest absolute Gasteiger partial charge is 0.463 e. The number of aryl methyl sites for hydroxylation is 1. The summed E-state index contributed by atoms with van der Waals surface area (Å²) >= 11 is 0. The Morgan fingerprint density at radius 2 is 1.71 bits per heavy atom. The molecule has 2 heterocycles. The van der Waals surface area contributed by atoms with Crippen molar-refractivity contribution in [3.05, 3.63) is 59.2 Å². The number of rotatable bonds is 3. The normalized spacial score (nSPS) is 10.8. The number of hydrogen-bond donors (Lipinski definition) is 0. The van der Waals surface area contributed by atoms with Crippen LogP contribution in [0.1, 0.15) is 32.4 Å². The van der Waals surface area contributed by atoms with Crippen molar-refractivity contribution in [1.29, 1.82) is 0 Å². The molecule has 1 aromatic carbocycles. The first-order valence-electron chi connectivity index (χ1n) is 6.31. The Bertz CT molecular complexity index is 837. The fourth-order valence-electron chi connectivity index (χ4n) is 2.07. The Hall–Kier alpha value is -2.82. The van der Waals surface area contributed by atoms with Gasteiger partial charge in [0.2, 0.25) is 5.76 Å². The molecule has 0 saturated carbocycles. The highest BCUT2D eigenvalue weighted by molar-refractivity contribution is 6.07. The summed E-state index contributed by atoms with van der Waals surface area (Å²) in [7, 11) is 1.24. The molecule has 0 unspecified atom stereocenters. The minimum Gasteiger partial charge on any atom is -0.463 e. The number of ketones is 1. The lowest BCUT2D eigenvalue weighted by Crippen LogP contribution is -2.00. The molecular formula is C16H12O5. The number of carbonyl (C=O) groups is 2. The van der Waals surface area contributed by atoms with Crippen LogP contribution in [0.2, 0.25) is 0 Å². The van der Waals surface area contributed by atoms with Crippen molar-refractivity contribution in [2.45, 2.75) is 6.92 Å². The van der Waals surface area contributed by atoms with Gasteiger partial charge in [-0.15, -0.1) is 0 Å². The molecule has 0 saturated heterocycles. The molecule has 5 heteroatoms. The maximum Gasteiger partial charge on any atom is 0.373 e. The van der Waals surface area contributed by atoms with Crippen LogP contribution in [0.3, 0.4) is 0 Å². The Morgan fingerprint density at radius 3 is 2.48 bits per heavy atom. The van der Waals surface area contributed by atoms with Crippen molar-refractivity contribution >= 4 is 22.7 Å². The molecule has 3 rings (SSSR count). The van der Waals surface area contributed by atoms with Gasteiger partial charge in [-0.25, -0.2) is 4.79 Å². The van der Waals surface area contributed by atoms with Crippen LogP contribution in [0.5, 0.6) is 0 Å². The maximum atomic E-state index is 12.3. The van der Waals surface area contributed by atoms with Crippen LogP contribution >= 0.6 is 0 Å². The minimum absolute atomic E-state index is 0.0206. The average Bonchev–Trinajstić information content (AvgIpc) is 3.11. The van der Waals surface area contributed by atoms with E-state index in [1.54, 1.807) is 6.07 Å². The summed E-state index contributed by atoms with van der Waals surface area (Å²) in [5.41, 5.74) is 1.71. The van der Waals surface area contributed by atoms with Gasteiger partial charge >= 0.3 is 5.97 Å². The van der Waals surface area contributed by atoms with Gasteiger partial charge in [-0.1, -0.05) is 11.6 Å². The van der Waals surface area contributed by atoms with Gasteiger partial charge in [-0.3, -0.25) is 4.79 Å². The Balaban J connectivity index is 1.96. The zero-order chi connectivity index (χ0) is 15.0. The van der Waals surface area contributed by atoms with Gasteiger partial charge in [0, 0.05) is 5.39 Å². The summed E-state index contributed by atoms with van der Waals surface area (Å²) in [6.07, 6.45) is 0. The molecule has 0 radical (unpaired) electrons. The average molecular weight is 284 g/mol. The van der Waals surface area contributed by atoms with Gasteiger partial charge in [-0.05, 0) is 37.3 Å². The van der Waals surface area contributed by atoms with Gasteiger partial charge in [0.25, 0.3) is 5.78 Å². The van der Waals surface area contributed by atoms with Crippen LogP contribution in [0.15, 0.2) is 45.2 Å². The second-order valence-corrected chi connectivity index (χ2v) is 4.64. The topological polar surface area (TPSA) is 69.7 Å². The SMILES string of the molecule is COC(=O)c1ccc(C(=O)c2cc3cc(C)ccc3o2)o1. The second kappa shape index (κ2) is 4.94. The van der Waals surface area contributed by atoms with E-state index in [1.165, 1.54) is 19.2 Å². The van der Waals surface area contributed by atoms with Gasteiger partial charge in [0.1, 0.15) is 5.58 Å². The molecule has 0 amide bonds. The second-order valence-electron chi connectivity index (χ2n) is 4.64. The molecule has 0 N–H and O–H groups in total. The third-order valence-corrected chi connectivity index (χ3v) is 3.11. The molecule has 106 valence electrons. The van der Waals surface area contributed by atoms with Crippen LogP contribution in [0, 0.1) is 6.92 Å². The summed E-state index contributed by atoms with van der Waals surface area (Å²) in [6.45, 7) is 1.96. The van der Waals surface area contributed by atoms with E-state index in [0.717, 1.165) is 10.9 Å². The fraction of sp³-hybridized carbons (Fsp3) is 0.125. The molecule has 0 aliphatic carbocycles. The van der Waals surface area contributed by atoms with E-state index in [1.807, 2.05) is 25.1 Å². The minimum atomic E-state index is -0.630. The monoisotopic (exact) mass is 284 g/mol. The summed E-state index contributed by atoms with van der Waals surface area (Å²) in [5, 5.41) is 0.845. The summed E-state index contributed by atoms with van der Waals surface area (Å²) in [4.78, 5) is 23.6. The number of fused-ring (bicyclic) bond motifs is 1. The lowest BCUT2D eigenvalue weighted by atomic mass is 10.1. The van der Waals surface area contributed by atoms with Crippen LogP contribution in [-0.4, -0.2) is 18.9 Å². The predicted octanol–water partition coefficient (Wildman–Crippen LogP) is 3.35. The fourth-order valence-corrected chi connectivity index (χ4v) is 2.07. The molecule has 0 atom stereocenters. The van der Waals surface area contributed by atoms with Crippen LogP contribution in [-0.2, 0) is 4.74 Å². The zero-order valence-electron chi connectivity index (χ0n) is 11.5. The molecule has 0 aliphatic rings. The van der Waals surface area contributed by atoms with Crippen LogP contribution in [0.4, 0.5) is 0 Å². The predicted molar refractivity (Wildman–Crippen MR) is 74.4 cm³/mol. The van der Waals surface area contributed by atoms with Crippen LogP contribution < -0.4 is 0 Å². The maximum absolute atomic E-state index is 12.3. The summed E-state index contributed by atoms with van der Waals surface area (Å²) in [6, 6.07) is 10.1. The number of ether oxygens (including phenoxy) is 1. The van der Waals surface area contributed by atoms with Crippen molar-refractivity contribution in [3.63, 3.8) is 0 Å². The first kappa shape index (κ1) is 13.2. The number of carbonyl (C=O) groups excluding carboxylic acids is 2. The molecule has 3 aromatic rings. The highest BCUT2D eigenvalue weighted by Gasteiger charge is 2.20. The number of furan rings is 2. The Kier molecular flexibility index (Phi) is 3.10. The highest BCUT2D eigenvalue weighted by atomic mass is 16.5. The molecular weight excluding hydrogens is 272 g/mol. The molecule has 0 spiro atoms. The van der Waals surface area contributed by atoms with E-state index < -0.39 is 11.8 Å². The van der Waals surface area contributed by atoms with Gasteiger partial charge < -0.3 is 13.6 Å². The van der Waals surface area contributed by atoms with E-state index in [9.17, 15) is 9.59 Å². The first-order valence-corrected chi connectivity index (χ1v) is 6.31. The number of esters is 1. The van der Waals surface area contributed by atoms with Crippen LogP contribution in [0.25, 0.3) is 11.0 Å². The van der Waals surface area contributed by atoms with Crippen molar-refractivity contribution in [2.75, 3.05) is 7.11 Å². The zero-order valence-corrected chi connectivity index (χ0v) is 11.5. The van der Waals surface area contributed by atoms with Crippen molar-refractivity contribution in [3.8, 4) is 0 Å². The molecule has 0 fully saturated rings. The third-order valence-electron chi connectivity index (χ3n) is 3.11. The van der Waals surface area contributed by atoms with E-state index in [2.05, 4.69) is 4.74 Å². The highest BCUT2D eigenvalue weighted by Crippen LogP contribution is 2.23. The van der Waals surface area contributed by atoms with E-state index in [-0.39, 0.29) is 17.3 Å². The number of hydrogen-bond acceptors (Lipinski definition) is 5. The molecule has 0 aliphatic heterocycles. The number of methoxy groups -OCH3 is 1. The molecule has 5 nitrogen and oxygen atoms in total.